The molecule has 0 spiro atoms. The van der Waals surface area contributed by atoms with Crippen molar-refractivity contribution in [1.82, 2.24) is 0 Å². The number of benzene rings is 2. The monoisotopic (exact) mass is 603 g/mol. The van der Waals surface area contributed by atoms with Crippen LogP contribution >= 0.6 is 0 Å². The molecule has 9 heteroatoms. The number of hydrogen-bond acceptors (Lipinski definition) is 6. The number of nitrogens with two attached hydrogens (primary N) is 1. The Balaban J connectivity index is 2.23. The molecular formula is C32H49NO6SSi. The number of hydrogen-bond donors (Lipinski definition) is 1. The second-order valence-corrected chi connectivity index (χ2v) is 20.2. The van der Waals surface area contributed by atoms with Gasteiger partial charge in [-0.2, -0.15) is 0 Å². The highest BCUT2D eigenvalue weighted by Gasteiger charge is 2.31. The van der Waals surface area contributed by atoms with Gasteiger partial charge < -0.3 is 9.47 Å². The minimum atomic E-state index is -3.86. The normalized spacial score (nSPS) is 13.9. The maximum Gasteiger partial charge on any atom is 0.309 e. The van der Waals surface area contributed by atoms with Gasteiger partial charge in [-0.15, -0.1) is 0 Å². The van der Waals surface area contributed by atoms with E-state index in [1.807, 2.05) is 45.0 Å². The maximum absolute atomic E-state index is 13.3. The molecule has 41 heavy (non-hydrogen) atoms. The molecule has 0 amide bonds. The molecule has 2 N–H and O–H groups in total. The Morgan fingerprint density at radius 2 is 1.54 bits per heavy atom. The number of carbonyl (C=O) groups is 2. The zero-order chi connectivity index (χ0) is 30.8. The van der Waals surface area contributed by atoms with Gasteiger partial charge in [0.25, 0.3) is 0 Å². The van der Waals surface area contributed by atoms with Gasteiger partial charge >= 0.3 is 11.9 Å². The predicted octanol–water partition coefficient (Wildman–Crippen LogP) is 6.97. The molecule has 0 radical (unpaired) electrons. The molecule has 0 bridgehead atoms. The molecule has 2 aromatic rings. The van der Waals surface area contributed by atoms with Crippen molar-refractivity contribution in [3.8, 4) is 11.1 Å². The second-order valence-electron chi connectivity index (χ2n) is 13.1. The summed E-state index contributed by atoms with van der Waals surface area (Å²) in [5.41, 5.74) is 1.69. The van der Waals surface area contributed by atoms with E-state index >= 15 is 0 Å². The summed E-state index contributed by atoms with van der Waals surface area (Å²) in [5.74, 6) is -1.33. The molecule has 0 heterocycles. The Hall–Kier alpha value is -2.49. The van der Waals surface area contributed by atoms with E-state index in [1.165, 1.54) is 6.07 Å². The smallest absolute Gasteiger partial charge is 0.309 e. The summed E-state index contributed by atoms with van der Waals surface area (Å²) in [6.07, 6.45) is 4.03. The summed E-state index contributed by atoms with van der Waals surface area (Å²) in [6, 6.07) is 15.1. The minimum absolute atomic E-state index is 0.0779. The highest BCUT2D eigenvalue weighted by atomic mass is 32.2. The van der Waals surface area contributed by atoms with Gasteiger partial charge in [-0.25, -0.2) is 13.6 Å². The van der Waals surface area contributed by atoms with Crippen LogP contribution in [0.1, 0.15) is 65.4 Å². The first kappa shape index (κ1) is 34.7. The summed E-state index contributed by atoms with van der Waals surface area (Å²) in [5, 5.41) is 5.42. The van der Waals surface area contributed by atoms with Gasteiger partial charge in [-0.1, -0.05) is 81.9 Å². The van der Waals surface area contributed by atoms with E-state index in [1.54, 1.807) is 18.2 Å². The van der Waals surface area contributed by atoms with Crippen LogP contribution in [0.4, 0.5) is 0 Å². The van der Waals surface area contributed by atoms with E-state index < -0.39 is 29.6 Å². The molecule has 0 aliphatic heterocycles. The number of aryl methyl sites for hydroxylation is 1. The predicted molar refractivity (Wildman–Crippen MR) is 168 cm³/mol. The Morgan fingerprint density at radius 1 is 0.927 bits per heavy atom. The van der Waals surface area contributed by atoms with Gasteiger partial charge in [0.1, 0.15) is 5.60 Å². The quantitative estimate of drug-likeness (QED) is 0.174. The van der Waals surface area contributed by atoms with Crippen LogP contribution in [0.25, 0.3) is 11.1 Å². The van der Waals surface area contributed by atoms with Crippen molar-refractivity contribution in [1.29, 1.82) is 0 Å². The van der Waals surface area contributed by atoms with Crippen molar-refractivity contribution in [3.05, 3.63) is 54.1 Å². The van der Waals surface area contributed by atoms with Gasteiger partial charge in [0, 0.05) is 13.6 Å². The molecule has 0 fully saturated rings. The fourth-order valence-corrected chi connectivity index (χ4v) is 6.04. The van der Waals surface area contributed by atoms with E-state index in [0.29, 0.717) is 37.9 Å². The van der Waals surface area contributed by atoms with E-state index in [9.17, 15) is 18.0 Å². The number of sulfonamides is 1. The largest absolute Gasteiger partial charge is 0.466 e. The summed E-state index contributed by atoms with van der Waals surface area (Å²) in [7, 11) is -5.23. The molecule has 0 aromatic heterocycles. The summed E-state index contributed by atoms with van der Waals surface area (Å²) in [6.45, 7) is 14.8. The van der Waals surface area contributed by atoms with Crippen LogP contribution in [-0.2, 0) is 35.5 Å². The first-order valence-corrected chi connectivity index (χ1v) is 19.9. The number of rotatable bonds is 15. The van der Waals surface area contributed by atoms with Crippen LogP contribution in [0, 0.1) is 11.8 Å². The SMILES string of the molecule is CCCC[C@@H](C[C@@H](CCc1ccc(-c2ccccc2S(N)(=O)=O)cc1)C(=O)OCC[Si](C)(C)C)C(=O)OC(C)(C)C. The van der Waals surface area contributed by atoms with Crippen molar-refractivity contribution in [3.63, 3.8) is 0 Å². The molecule has 228 valence electrons. The number of esters is 2. The lowest BCUT2D eigenvalue weighted by Gasteiger charge is -2.26. The average molecular weight is 604 g/mol. The zero-order valence-corrected chi connectivity index (χ0v) is 27.7. The van der Waals surface area contributed by atoms with E-state index in [2.05, 4.69) is 26.6 Å². The second kappa shape index (κ2) is 15.1. The van der Waals surface area contributed by atoms with Crippen LogP contribution < -0.4 is 5.14 Å². The Bertz CT molecular complexity index is 1250. The standard InChI is InChI=1S/C32H49NO6SSi/c1-8-9-12-26(31(35)39-32(2,3)4)23-27(30(34)38-21-22-41(5,6)7)20-17-24-15-18-25(19-16-24)28-13-10-11-14-29(28)40(33,36)37/h10-11,13-16,18-19,26-27H,8-9,12,17,20-23H2,1-7H3,(H2,33,36,37)/t26-,27+/m0/s1. The van der Waals surface area contributed by atoms with Gasteiger partial charge in [0.05, 0.1) is 23.3 Å². The molecule has 0 aliphatic carbocycles. The van der Waals surface area contributed by atoms with Gasteiger partial charge in [0.15, 0.2) is 0 Å². The van der Waals surface area contributed by atoms with Gasteiger partial charge in [-0.05, 0) is 69.7 Å². The summed E-state index contributed by atoms with van der Waals surface area (Å²) in [4.78, 5) is 26.5. The molecule has 0 saturated heterocycles. The third-order valence-electron chi connectivity index (χ3n) is 6.89. The summed E-state index contributed by atoms with van der Waals surface area (Å²) < 4.78 is 35.6. The van der Waals surface area contributed by atoms with E-state index in [0.717, 1.165) is 30.0 Å². The van der Waals surface area contributed by atoms with Crippen molar-refractivity contribution in [2.75, 3.05) is 6.61 Å². The third kappa shape index (κ3) is 12.5. The van der Waals surface area contributed by atoms with Crippen LogP contribution in [0.2, 0.25) is 25.7 Å². The lowest BCUT2D eigenvalue weighted by molar-refractivity contribution is -0.162. The molecule has 0 aliphatic rings. The van der Waals surface area contributed by atoms with Crippen molar-refractivity contribution >= 4 is 30.0 Å². The Labute approximate surface area is 248 Å². The molecule has 0 unspecified atom stereocenters. The lowest BCUT2D eigenvalue weighted by Crippen LogP contribution is -2.32. The summed E-state index contributed by atoms with van der Waals surface area (Å²) >= 11 is 0. The highest BCUT2D eigenvalue weighted by Crippen LogP contribution is 2.29. The first-order valence-electron chi connectivity index (χ1n) is 14.6. The molecule has 2 atom stereocenters. The minimum Gasteiger partial charge on any atom is -0.466 e. The molecule has 0 saturated carbocycles. The van der Waals surface area contributed by atoms with Crippen molar-refractivity contribution in [2.45, 2.75) is 102 Å². The molecule has 2 aromatic carbocycles. The number of carbonyl (C=O) groups excluding carboxylic acids is 2. The third-order valence-corrected chi connectivity index (χ3v) is 9.56. The average Bonchev–Trinajstić information content (AvgIpc) is 2.86. The molecule has 2 rings (SSSR count). The Morgan fingerprint density at radius 3 is 2.10 bits per heavy atom. The van der Waals surface area contributed by atoms with Gasteiger partial charge in [-0.3, -0.25) is 9.59 Å². The maximum atomic E-state index is 13.3. The lowest BCUT2D eigenvalue weighted by atomic mass is 9.86. The van der Waals surface area contributed by atoms with Crippen molar-refractivity contribution < 1.29 is 27.5 Å². The van der Waals surface area contributed by atoms with Crippen LogP contribution in [0.15, 0.2) is 53.4 Å². The van der Waals surface area contributed by atoms with Crippen LogP contribution in [0.5, 0.6) is 0 Å². The zero-order valence-electron chi connectivity index (χ0n) is 25.9. The number of ether oxygens (including phenoxy) is 2. The van der Waals surface area contributed by atoms with E-state index in [-0.39, 0.29) is 22.8 Å². The topological polar surface area (TPSA) is 113 Å². The van der Waals surface area contributed by atoms with Crippen LogP contribution in [-0.4, -0.2) is 40.6 Å². The molecule has 7 nitrogen and oxygen atoms in total. The number of primary sulfonamides is 1. The van der Waals surface area contributed by atoms with E-state index in [4.69, 9.17) is 14.6 Å². The Kier molecular flexibility index (Phi) is 12.8. The highest BCUT2D eigenvalue weighted by molar-refractivity contribution is 7.89. The van der Waals surface area contributed by atoms with Crippen LogP contribution in [0.3, 0.4) is 0 Å². The first-order chi connectivity index (χ1) is 19.0. The molecular weight excluding hydrogens is 555 g/mol. The van der Waals surface area contributed by atoms with Crippen molar-refractivity contribution in [2.24, 2.45) is 17.0 Å². The van der Waals surface area contributed by atoms with Gasteiger partial charge in [0.2, 0.25) is 10.0 Å². The fraction of sp³-hybridized carbons (Fsp3) is 0.562. The number of unbranched alkanes of at least 4 members (excludes halogenated alkanes) is 1. The fourth-order valence-electron chi connectivity index (χ4n) is 4.56.